The van der Waals surface area contributed by atoms with Gasteiger partial charge in [0.15, 0.2) is 0 Å². The van der Waals surface area contributed by atoms with E-state index in [9.17, 15) is 19.8 Å². The highest BCUT2D eigenvalue weighted by Gasteiger charge is 2.34. The first-order chi connectivity index (χ1) is 9.58. The van der Waals surface area contributed by atoms with Crippen molar-refractivity contribution in [1.82, 2.24) is 9.96 Å². The second-order valence-corrected chi connectivity index (χ2v) is 4.98. The summed E-state index contributed by atoms with van der Waals surface area (Å²) >= 11 is 0. The SMILES string of the molecule is O=C(CN1CC/C=C/CCC1=O)ON1C(O)CCC1O. The molecular formula is C13H20N2O5. The molecule has 2 heterocycles. The van der Waals surface area contributed by atoms with Gasteiger partial charge in [-0.3, -0.25) is 4.79 Å². The van der Waals surface area contributed by atoms with E-state index in [4.69, 9.17) is 4.84 Å². The second kappa shape index (κ2) is 6.83. The number of nitrogens with zero attached hydrogens (tertiary/aromatic N) is 2. The number of hydrogen-bond acceptors (Lipinski definition) is 6. The fourth-order valence-electron chi connectivity index (χ4n) is 2.30. The smallest absolute Gasteiger partial charge is 0.344 e. The number of hydroxylamine groups is 2. The molecule has 112 valence electrons. The first-order valence-corrected chi connectivity index (χ1v) is 6.86. The van der Waals surface area contributed by atoms with Crippen LogP contribution in [0, 0.1) is 0 Å². The molecule has 2 rings (SSSR count). The molecule has 2 atom stereocenters. The Labute approximate surface area is 117 Å². The lowest BCUT2D eigenvalue weighted by molar-refractivity contribution is -0.262. The van der Waals surface area contributed by atoms with E-state index in [0.29, 0.717) is 38.6 Å². The number of aliphatic hydroxyl groups excluding tert-OH is 2. The van der Waals surface area contributed by atoms with Crippen LogP contribution in [-0.2, 0) is 14.4 Å². The van der Waals surface area contributed by atoms with Crippen molar-refractivity contribution >= 4 is 11.9 Å². The summed E-state index contributed by atoms with van der Waals surface area (Å²) in [5.41, 5.74) is 0. The molecule has 1 amide bonds. The number of hydrogen-bond donors (Lipinski definition) is 2. The van der Waals surface area contributed by atoms with Crippen molar-refractivity contribution in [3.8, 4) is 0 Å². The Morgan fingerprint density at radius 3 is 2.60 bits per heavy atom. The molecule has 1 fully saturated rings. The molecule has 0 bridgehead atoms. The van der Waals surface area contributed by atoms with Gasteiger partial charge in [0.25, 0.3) is 0 Å². The summed E-state index contributed by atoms with van der Waals surface area (Å²) in [5, 5.41) is 20.0. The number of aliphatic hydroxyl groups is 2. The lowest BCUT2D eigenvalue weighted by Crippen LogP contribution is -2.43. The average molecular weight is 284 g/mol. The van der Waals surface area contributed by atoms with Gasteiger partial charge in [-0.15, -0.1) is 0 Å². The van der Waals surface area contributed by atoms with Crippen LogP contribution in [0.3, 0.4) is 0 Å². The predicted molar refractivity (Wildman–Crippen MR) is 68.7 cm³/mol. The molecule has 0 aliphatic carbocycles. The monoisotopic (exact) mass is 284 g/mol. The maximum absolute atomic E-state index is 11.8. The minimum Gasteiger partial charge on any atom is -0.375 e. The fraction of sp³-hybridized carbons (Fsp3) is 0.692. The minimum absolute atomic E-state index is 0.0891. The fourth-order valence-corrected chi connectivity index (χ4v) is 2.30. The van der Waals surface area contributed by atoms with Crippen LogP contribution < -0.4 is 0 Å². The van der Waals surface area contributed by atoms with E-state index >= 15 is 0 Å². The predicted octanol–water partition coefficient (Wildman–Crippen LogP) is -0.254. The van der Waals surface area contributed by atoms with Gasteiger partial charge in [0, 0.05) is 13.0 Å². The summed E-state index contributed by atoms with van der Waals surface area (Å²) in [4.78, 5) is 30.0. The van der Waals surface area contributed by atoms with Crippen molar-refractivity contribution in [3.05, 3.63) is 12.2 Å². The van der Waals surface area contributed by atoms with Crippen molar-refractivity contribution in [2.24, 2.45) is 0 Å². The van der Waals surface area contributed by atoms with Gasteiger partial charge in [-0.05, 0) is 25.7 Å². The van der Waals surface area contributed by atoms with E-state index in [1.54, 1.807) is 0 Å². The topological polar surface area (TPSA) is 90.3 Å². The molecule has 2 unspecified atom stereocenters. The van der Waals surface area contributed by atoms with Crippen molar-refractivity contribution in [1.29, 1.82) is 0 Å². The highest BCUT2D eigenvalue weighted by molar-refractivity contribution is 5.82. The van der Waals surface area contributed by atoms with Gasteiger partial charge < -0.3 is 20.0 Å². The largest absolute Gasteiger partial charge is 0.375 e. The van der Waals surface area contributed by atoms with Gasteiger partial charge in [0.05, 0.1) is 0 Å². The Morgan fingerprint density at radius 1 is 1.25 bits per heavy atom. The van der Waals surface area contributed by atoms with Crippen LogP contribution in [-0.4, -0.2) is 57.6 Å². The van der Waals surface area contributed by atoms with E-state index in [2.05, 4.69) is 0 Å². The molecule has 1 saturated heterocycles. The molecule has 0 aromatic rings. The quantitative estimate of drug-likeness (QED) is 0.694. The molecule has 2 aliphatic rings. The molecule has 2 aliphatic heterocycles. The number of carbonyl (C=O) groups is 2. The zero-order valence-electron chi connectivity index (χ0n) is 11.3. The van der Waals surface area contributed by atoms with Crippen LogP contribution in [0.5, 0.6) is 0 Å². The van der Waals surface area contributed by atoms with Gasteiger partial charge in [0.1, 0.15) is 19.0 Å². The Morgan fingerprint density at radius 2 is 1.90 bits per heavy atom. The number of allylic oxidation sites excluding steroid dienone is 1. The third-order valence-corrected chi connectivity index (χ3v) is 3.41. The van der Waals surface area contributed by atoms with Crippen LogP contribution in [0.2, 0.25) is 0 Å². The van der Waals surface area contributed by atoms with Gasteiger partial charge in [0.2, 0.25) is 5.91 Å². The van der Waals surface area contributed by atoms with E-state index in [0.717, 1.165) is 5.06 Å². The Balaban J connectivity index is 1.86. The Hall–Kier alpha value is -1.44. The molecule has 7 heteroatoms. The van der Waals surface area contributed by atoms with E-state index in [1.807, 2.05) is 12.2 Å². The maximum atomic E-state index is 11.8. The van der Waals surface area contributed by atoms with E-state index in [-0.39, 0.29) is 12.5 Å². The van der Waals surface area contributed by atoms with Crippen LogP contribution in [0.1, 0.15) is 32.1 Å². The minimum atomic E-state index is -0.986. The first kappa shape index (κ1) is 15.0. The molecule has 0 aromatic carbocycles. The van der Waals surface area contributed by atoms with Crippen LogP contribution in [0.15, 0.2) is 12.2 Å². The van der Waals surface area contributed by atoms with Crippen molar-refractivity contribution < 1.29 is 24.6 Å². The van der Waals surface area contributed by atoms with Crippen molar-refractivity contribution in [2.75, 3.05) is 13.1 Å². The summed E-state index contributed by atoms with van der Waals surface area (Å²) in [6.45, 7) is 0.304. The standard InChI is InChI=1S/C13H20N2O5/c16-10-5-3-1-2-4-8-14(10)9-13(19)20-15-11(17)6-7-12(15)18/h1-2,11-12,17-18H,3-9H2/b2-1+. The summed E-state index contributed by atoms with van der Waals surface area (Å²) in [6.07, 6.45) is 4.42. The zero-order valence-corrected chi connectivity index (χ0v) is 11.3. The molecule has 0 spiro atoms. The third kappa shape index (κ3) is 3.78. The highest BCUT2D eigenvalue weighted by atomic mass is 16.7. The Bertz CT molecular complexity index is 388. The van der Waals surface area contributed by atoms with Gasteiger partial charge in [-0.1, -0.05) is 17.2 Å². The molecule has 7 nitrogen and oxygen atoms in total. The van der Waals surface area contributed by atoms with Crippen molar-refractivity contribution in [3.63, 3.8) is 0 Å². The van der Waals surface area contributed by atoms with Crippen LogP contribution >= 0.6 is 0 Å². The summed E-state index contributed by atoms with van der Waals surface area (Å²) < 4.78 is 0. The highest BCUT2D eigenvalue weighted by Crippen LogP contribution is 2.20. The summed E-state index contributed by atoms with van der Waals surface area (Å²) in [7, 11) is 0. The number of amides is 1. The lowest BCUT2D eigenvalue weighted by atomic mass is 10.2. The van der Waals surface area contributed by atoms with E-state index in [1.165, 1.54) is 4.90 Å². The van der Waals surface area contributed by atoms with Crippen LogP contribution in [0.4, 0.5) is 0 Å². The lowest BCUT2D eigenvalue weighted by Gasteiger charge is -2.25. The number of carbonyl (C=O) groups excluding carboxylic acids is 2. The van der Waals surface area contributed by atoms with E-state index < -0.39 is 18.4 Å². The number of rotatable bonds is 3. The first-order valence-electron chi connectivity index (χ1n) is 6.86. The molecular weight excluding hydrogens is 264 g/mol. The average Bonchev–Trinajstić information content (AvgIpc) is 2.70. The second-order valence-electron chi connectivity index (χ2n) is 4.98. The van der Waals surface area contributed by atoms with Gasteiger partial charge in [-0.2, -0.15) is 0 Å². The van der Waals surface area contributed by atoms with Gasteiger partial charge >= 0.3 is 5.97 Å². The summed E-state index contributed by atoms with van der Waals surface area (Å²) in [5.74, 6) is -0.739. The molecule has 2 N–H and O–H groups in total. The van der Waals surface area contributed by atoms with Gasteiger partial charge in [-0.25, -0.2) is 4.79 Å². The molecule has 20 heavy (non-hydrogen) atoms. The molecule has 0 radical (unpaired) electrons. The zero-order chi connectivity index (χ0) is 14.5. The Kier molecular flexibility index (Phi) is 5.11. The third-order valence-electron chi connectivity index (χ3n) is 3.41. The maximum Gasteiger partial charge on any atom is 0.344 e. The normalized spacial score (nSPS) is 29.9. The van der Waals surface area contributed by atoms with Crippen LogP contribution in [0.25, 0.3) is 0 Å². The molecule has 0 saturated carbocycles. The summed E-state index contributed by atoms with van der Waals surface area (Å²) in [6, 6.07) is 0. The van der Waals surface area contributed by atoms with Crippen molar-refractivity contribution in [2.45, 2.75) is 44.6 Å². The molecule has 0 aromatic heterocycles.